The Labute approximate surface area is 126 Å². The van der Waals surface area contributed by atoms with Crippen LogP contribution in [0, 0.1) is 0 Å². The summed E-state index contributed by atoms with van der Waals surface area (Å²) in [6, 6.07) is 10.5. The summed E-state index contributed by atoms with van der Waals surface area (Å²) in [5, 5.41) is 12.4. The maximum absolute atomic E-state index is 9.93. The van der Waals surface area contributed by atoms with Gasteiger partial charge in [0.05, 0.1) is 5.60 Å². The van der Waals surface area contributed by atoms with Crippen molar-refractivity contribution in [3.63, 3.8) is 0 Å². The Morgan fingerprint density at radius 3 is 2.52 bits per heavy atom. The van der Waals surface area contributed by atoms with Gasteiger partial charge in [0.25, 0.3) is 0 Å². The number of benzene rings is 1. The molecule has 0 unspecified atom stereocenters. The van der Waals surface area contributed by atoms with Crippen molar-refractivity contribution in [3.8, 4) is 0 Å². The maximum Gasteiger partial charge on any atom is 0.136 e. The van der Waals surface area contributed by atoms with Crippen LogP contribution in [0.25, 0.3) is 10.8 Å². The fourth-order valence-corrected chi connectivity index (χ4v) is 3.02. The lowest BCUT2D eigenvalue weighted by molar-refractivity contribution is 0.0345. The van der Waals surface area contributed by atoms with E-state index in [4.69, 9.17) is 0 Å². The number of rotatable bonds is 3. The normalized spacial score (nSPS) is 17.4. The topological polar surface area (TPSA) is 39.6 Å². The lowest BCUT2D eigenvalue weighted by Crippen LogP contribution is -2.50. The van der Waals surface area contributed by atoms with Crippen molar-refractivity contribution in [1.82, 2.24) is 9.88 Å². The number of aromatic nitrogens is 1. The summed E-state index contributed by atoms with van der Waals surface area (Å²) in [6.45, 7) is 8.30. The summed E-state index contributed by atoms with van der Waals surface area (Å²) in [5.74, 6) is 1.08. The number of pyridine rings is 1. The van der Waals surface area contributed by atoms with Crippen molar-refractivity contribution in [1.29, 1.82) is 0 Å². The minimum Gasteiger partial charge on any atom is -0.389 e. The van der Waals surface area contributed by atoms with Gasteiger partial charge >= 0.3 is 0 Å². The lowest BCUT2D eigenvalue weighted by atomic mass is 10.1. The van der Waals surface area contributed by atoms with Crippen molar-refractivity contribution in [2.45, 2.75) is 19.4 Å². The fraction of sp³-hybridized carbons (Fsp3) is 0.471. The van der Waals surface area contributed by atoms with Crippen LogP contribution in [0.15, 0.2) is 36.5 Å². The molecule has 1 aliphatic rings. The summed E-state index contributed by atoms with van der Waals surface area (Å²) in [7, 11) is 0. The molecule has 1 aromatic heterocycles. The van der Waals surface area contributed by atoms with Gasteiger partial charge in [0.1, 0.15) is 5.82 Å². The number of piperazine rings is 1. The monoisotopic (exact) mass is 285 g/mol. The molecule has 3 rings (SSSR count). The quantitative estimate of drug-likeness (QED) is 0.938. The third-order valence-electron chi connectivity index (χ3n) is 3.93. The molecule has 0 saturated carbocycles. The number of aliphatic hydroxyl groups is 1. The first-order valence-corrected chi connectivity index (χ1v) is 7.56. The average molecular weight is 285 g/mol. The number of fused-ring (bicyclic) bond motifs is 1. The molecule has 2 aromatic rings. The van der Waals surface area contributed by atoms with E-state index in [-0.39, 0.29) is 0 Å². The Balaban J connectivity index is 1.74. The van der Waals surface area contributed by atoms with E-state index in [0.717, 1.165) is 38.5 Å². The number of nitrogens with zero attached hydrogens (tertiary/aromatic N) is 3. The lowest BCUT2D eigenvalue weighted by Gasteiger charge is -2.38. The highest BCUT2D eigenvalue weighted by molar-refractivity contribution is 5.92. The van der Waals surface area contributed by atoms with Gasteiger partial charge in [0, 0.05) is 44.3 Å². The van der Waals surface area contributed by atoms with Gasteiger partial charge < -0.3 is 10.0 Å². The van der Waals surface area contributed by atoms with Crippen LogP contribution in [0.1, 0.15) is 13.8 Å². The third kappa shape index (κ3) is 3.34. The van der Waals surface area contributed by atoms with Gasteiger partial charge in [0.2, 0.25) is 0 Å². The zero-order chi connectivity index (χ0) is 14.9. The highest BCUT2D eigenvalue weighted by Gasteiger charge is 2.23. The fourth-order valence-electron chi connectivity index (χ4n) is 3.02. The summed E-state index contributed by atoms with van der Waals surface area (Å²) in [4.78, 5) is 9.26. The zero-order valence-corrected chi connectivity index (χ0v) is 12.8. The van der Waals surface area contributed by atoms with Crippen LogP contribution in [0.5, 0.6) is 0 Å². The smallest absolute Gasteiger partial charge is 0.136 e. The molecule has 0 spiro atoms. The predicted octanol–water partition coefficient (Wildman–Crippen LogP) is 2.13. The summed E-state index contributed by atoms with van der Waals surface area (Å²) in [5.41, 5.74) is -0.625. The second-order valence-corrected chi connectivity index (χ2v) is 6.43. The van der Waals surface area contributed by atoms with Crippen LogP contribution in [0.2, 0.25) is 0 Å². The molecular formula is C17H23N3O. The van der Waals surface area contributed by atoms with Gasteiger partial charge in [0.15, 0.2) is 0 Å². The maximum atomic E-state index is 9.93. The van der Waals surface area contributed by atoms with E-state index in [0.29, 0.717) is 0 Å². The van der Waals surface area contributed by atoms with Crippen LogP contribution in [-0.4, -0.2) is 53.3 Å². The Morgan fingerprint density at radius 1 is 1.10 bits per heavy atom. The standard InChI is InChI=1S/C17H23N3O/c1-17(2,21)13-19-9-11-20(12-10-19)16-15-6-4-3-5-14(15)7-8-18-16/h3-8,21H,9-13H2,1-2H3. The Hall–Kier alpha value is -1.65. The van der Waals surface area contributed by atoms with Crippen molar-refractivity contribution in [3.05, 3.63) is 36.5 Å². The van der Waals surface area contributed by atoms with Gasteiger partial charge in [-0.15, -0.1) is 0 Å². The van der Waals surface area contributed by atoms with E-state index < -0.39 is 5.60 Å². The van der Waals surface area contributed by atoms with E-state index in [9.17, 15) is 5.11 Å². The molecule has 1 N–H and O–H groups in total. The van der Waals surface area contributed by atoms with Crippen LogP contribution >= 0.6 is 0 Å². The molecule has 21 heavy (non-hydrogen) atoms. The SMILES string of the molecule is CC(C)(O)CN1CCN(c2nccc3ccccc23)CC1. The van der Waals surface area contributed by atoms with E-state index in [1.165, 1.54) is 10.8 Å². The van der Waals surface area contributed by atoms with Gasteiger partial charge in [-0.05, 0) is 25.3 Å². The van der Waals surface area contributed by atoms with Crippen molar-refractivity contribution < 1.29 is 5.11 Å². The summed E-state index contributed by atoms with van der Waals surface area (Å²) < 4.78 is 0. The minimum absolute atomic E-state index is 0.625. The third-order valence-corrected chi connectivity index (χ3v) is 3.93. The van der Waals surface area contributed by atoms with Crippen molar-refractivity contribution in [2.24, 2.45) is 0 Å². The molecule has 0 atom stereocenters. The first-order chi connectivity index (χ1) is 10.0. The van der Waals surface area contributed by atoms with Crippen molar-refractivity contribution in [2.75, 3.05) is 37.6 Å². The number of β-amino-alcohol motifs (C(OH)–C–C–N with tert-alkyl or cyclic N) is 1. The summed E-state index contributed by atoms with van der Waals surface area (Å²) >= 11 is 0. The molecule has 112 valence electrons. The molecule has 1 aliphatic heterocycles. The second-order valence-electron chi connectivity index (χ2n) is 6.43. The molecule has 1 saturated heterocycles. The molecule has 0 radical (unpaired) electrons. The molecule has 0 bridgehead atoms. The van der Waals surface area contributed by atoms with Gasteiger partial charge in [-0.1, -0.05) is 24.3 Å². The molecule has 4 nitrogen and oxygen atoms in total. The van der Waals surface area contributed by atoms with E-state index in [2.05, 4.69) is 45.1 Å². The van der Waals surface area contributed by atoms with Gasteiger partial charge in [-0.2, -0.15) is 0 Å². The molecule has 2 heterocycles. The Bertz CT molecular complexity index is 607. The van der Waals surface area contributed by atoms with Crippen LogP contribution in [0.3, 0.4) is 0 Å². The minimum atomic E-state index is -0.625. The van der Waals surface area contributed by atoms with Crippen LogP contribution in [0.4, 0.5) is 5.82 Å². The first kappa shape index (κ1) is 14.3. The van der Waals surface area contributed by atoms with E-state index in [1.807, 2.05) is 20.0 Å². The largest absolute Gasteiger partial charge is 0.389 e. The first-order valence-electron chi connectivity index (χ1n) is 7.56. The van der Waals surface area contributed by atoms with E-state index in [1.54, 1.807) is 0 Å². The molecule has 0 amide bonds. The molecule has 1 fully saturated rings. The molecule has 0 aliphatic carbocycles. The number of hydrogen-bond donors (Lipinski definition) is 1. The average Bonchev–Trinajstić information content (AvgIpc) is 2.46. The second kappa shape index (κ2) is 5.62. The molecular weight excluding hydrogens is 262 g/mol. The Morgan fingerprint density at radius 2 is 1.81 bits per heavy atom. The van der Waals surface area contributed by atoms with Crippen molar-refractivity contribution >= 4 is 16.6 Å². The highest BCUT2D eigenvalue weighted by atomic mass is 16.3. The predicted molar refractivity (Wildman–Crippen MR) is 86.7 cm³/mol. The molecule has 1 aromatic carbocycles. The number of hydrogen-bond acceptors (Lipinski definition) is 4. The highest BCUT2D eigenvalue weighted by Crippen LogP contribution is 2.25. The molecule has 4 heteroatoms. The van der Waals surface area contributed by atoms with Crippen LogP contribution < -0.4 is 4.90 Å². The number of anilines is 1. The van der Waals surface area contributed by atoms with Crippen LogP contribution in [-0.2, 0) is 0 Å². The summed E-state index contributed by atoms with van der Waals surface area (Å²) in [6.07, 6.45) is 1.89. The Kier molecular flexibility index (Phi) is 3.83. The zero-order valence-electron chi connectivity index (χ0n) is 12.8. The van der Waals surface area contributed by atoms with Gasteiger partial charge in [-0.25, -0.2) is 4.98 Å². The van der Waals surface area contributed by atoms with Gasteiger partial charge in [-0.3, -0.25) is 4.90 Å². The van der Waals surface area contributed by atoms with E-state index >= 15 is 0 Å².